The first-order chi connectivity index (χ1) is 13.4. The third-order valence-electron chi connectivity index (χ3n) is 4.16. The smallest absolute Gasteiger partial charge is 0.255 e. The molecule has 0 heterocycles. The number of amides is 1. The molecule has 28 heavy (non-hydrogen) atoms. The van der Waals surface area contributed by atoms with Crippen molar-refractivity contribution in [3.63, 3.8) is 0 Å². The van der Waals surface area contributed by atoms with Crippen molar-refractivity contribution in [2.45, 2.75) is 26.1 Å². The summed E-state index contributed by atoms with van der Waals surface area (Å²) in [7, 11) is 0. The predicted octanol–water partition coefficient (Wildman–Crippen LogP) is 5.46. The fourth-order valence-corrected chi connectivity index (χ4v) is 3.02. The molecule has 3 rings (SSSR count). The number of hydrogen-bond acceptors (Lipinski definition) is 3. The van der Waals surface area contributed by atoms with Gasteiger partial charge in [0.15, 0.2) is 0 Å². The van der Waals surface area contributed by atoms with Gasteiger partial charge in [0, 0.05) is 21.8 Å². The number of halogens is 1. The van der Waals surface area contributed by atoms with E-state index in [2.05, 4.69) is 5.32 Å². The number of ether oxygens (including phenoxy) is 1. The number of rotatable bonds is 6. The molecule has 144 valence electrons. The normalized spacial score (nSPS) is 11.9. The standard InChI is InChI=1S/C23H22ClNO3/c1-15(2)28-19-11-8-17(9-12-19)23(27)25-21-13-10-18(24)14-20(21)22(26)16-6-4-3-5-7-16/h3-15,22,26H,1-2H3,(H,25,27)/t22-/m0/s1. The largest absolute Gasteiger partial charge is 0.491 e. The Bertz CT molecular complexity index is 940. The Balaban J connectivity index is 1.83. The Morgan fingerprint density at radius 2 is 1.68 bits per heavy atom. The van der Waals surface area contributed by atoms with Gasteiger partial charge in [-0.3, -0.25) is 4.79 Å². The summed E-state index contributed by atoms with van der Waals surface area (Å²) in [6, 6.07) is 21.2. The van der Waals surface area contributed by atoms with E-state index in [0.29, 0.717) is 27.6 Å². The number of carbonyl (C=O) groups is 1. The van der Waals surface area contributed by atoms with Gasteiger partial charge in [0.25, 0.3) is 5.91 Å². The van der Waals surface area contributed by atoms with Crippen LogP contribution in [0.1, 0.15) is 41.4 Å². The van der Waals surface area contributed by atoms with Crippen LogP contribution in [-0.2, 0) is 0 Å². The van der Waals surface area contributed by atoms with Crippen LogP contribution in [0.3, 0.4) is 0 Å². The SMILES string of the molecule is CC(C)Oc1ccc(C(=O)Nc2ccc(Cl)cc2[C@@H](O)c2ccccc2)cc1. The van der Waals surface area contributed by atoms with Crippen LogP contribution in [0, 0.1) is 0 Å². The quantitative estimate of drug-likeness (QED) is 0.582. The summed E-state index contributed by atoms with van der Waals surface area (Å²) in [4.78, 5) is 12.7. The molecule has 0 fully saturated rings. The summed E-state index contributed by atoms with van der Waals surface area (Å²) in [6.45, 7) is 3.89. The van der Waals surface area contributed by atoms with Crippen molar-refractivity contribution in [2.75, 3.05) is 5.32 Å². The molecule has 3 aromatic rings. The van der Waals surface area contributed by atoms with Crippen LogP contribution in [-0.4, -0.2) is 17.1 Å². The molecule has 0 aliphatic heterocycles. The summed E-state index contributed by atoms with van der Waals surface area (Å²) in [5, 5.41) is 14.1. The second kappa shape index (κ2) is 8.91. The molecule has 1 amide bonds. The van der Waals surface area contributed by atoms with Gasteiger partial charge >= 0.3 is 0 Å². The van der Waals surface area contributed by atoms with Gasteiger partial charge in [-0.05, 0) is 61.9 Å². The first-order valence-electron chi connectivity index (χ1n) is 9.04. The number of hydrogen-bond donors (Lipinski definition) is 2. The lowest BCUT2D eigenvalue weighted by Crippen LogP contribution is -2.15. The maximum atomic E-state index is 12.7. The zero-order valence-electron chi connectivity index (χ0n) is 15.7. The maximum Gasteiger partial charge on any atom is 0.255 e. The van der Waals surface area contributed by atoms with Crippen LogP contribution in [0.5, 0.6) is 5.75 Å². The molecule has 2 N–H and O–H groups in total. The molecule has 0 spiro atoms. The summed E-state index contributed by atoms with van der Waals surface area (Å²) in [5.74, 6) is 0.429. The van der Waals surface area contributed by atoms with E-state index in [4.69, 9.17) is 16.3 Å². The number of benzene rings is 3. The second-order valence-electron chi connectivity index (χ2n) is 6.69. The van der Waals surface area contributed by atoms with Gasteiger partial charge in [0.2, 0.25) is 0 Å². The second-order valence-corrected chi connectivity index (χ2v) is 7.13. The van der Waals surface area contributed by atoms with Gasteiger partial charge in [-0.15, -0.1) is 0 Å². The summed E-state index contributed by atoms with van der Waals surface area (Å²) < 4.78 is 5.60. The first kappa shape index (κ1) is 19.9. The Hall–Kier alpha value is -2.82. The minimum absolute atomic E-state index is 0.0655. The molecular formula is C23H22ClNO3. The maximum absolute atomic E-state index is 12.7. The Labute approximate surface area is 169 Å². The van der Waals surface area contributed by atoms with Crippen molar-refractivity contribution in [2.24, 2.45) is 0 Å². The monoisotopic (exact) mass is 395 g/mol. The Morgan fingerprint density at radius 3 is 2.32 bits per heavy atom. The number of aliphatic hydroxyl groups excluding tert-OH is 1. The lowest BCUT2D eigenvalue weighted by atomic mass is 9.99. The lowest BCUT2D eigenvalue weighted by Gasteiger charge is -2.17. The number of nitrogens with one attached hydrogen (secondary N) is 1. The average Bonchev–Trinajstić information content (AvgIpc) is 2.69. The highest BCUT2D eigenvalue weighted by Crippen LogP contribution is 2.31. The topological polar surface area (TPSA) is 58.6 Å². The molecule has 0 saturated carbocycles. The molecule has 4 nitrogen and oxygen atoms in total. The van der Waals surface area contributed by atoms with E-state index in [1.807, 2.05) is 44.2 Å². The molecule has 0 saturated heterocycles. The third-order valence-corrected chi connectivity index (χ3v) is 4.40. The van der Waals surface area contributed by atoms with Crippen molar-refractivity contribution in [3.05, 3.63) is 94.5 Å². The summed E-state index contributed by atoms with van der Waals surface area (Å²) in [6.07, 6.45) is -0.840. The summed E-state index contributed by atoms with van der Waals surface area (Å²) >= 11 is 6.12. The minimum Gasteiger partial charge on any atom is -0.491 e. The highest BCUT2D eigenvalue weighted by atomic mass is 35.5. The van der Waals surface area contributed by atoms with Gasteiger partial charge in [0.1, 0.15) is 11.9 Å². The Morgan fingerprint density at radius 1 is 1.00 bits per heavy atom. The summed E-state index contributed by atoms with van der Waals surface area (Å²) in [5.41, 5.74) is 2.25. The fourth-order valence-electron chi connectivity index (χ4n) is 2.84. The molecule has 1 atom stereocenters. The molecule has 0 aromatic heterocycles. The number of anilines is 1. The van der Waals surface area contributed by atoms with Crippen molar-refractivity contribution >= 4 is 23.2 Å². The zero-order valence-corrected chi connectivity index (χ0v) is 16.5. The van der Waals surface area contributed by atoms with Crippen LogP contribution < -0.4 is 10.1 Å². The molecule has 0 aliphatic rings. The molecule has 5 heteroatoms. The van der Waals surface area contributed by atoms with Crippen LogP contribution in [0.25, 0.3) is 0 Å². The van der Waals surface area contributed by atoms with E-state index >= 15 is 0 Å². The van der Waals surface area contributed by atoms with Crippen molar-refractivity contribution in [1.82, 2.24) is 0 Å². The molecule has 0 radical (unpaired) electrons. The molecule has 0 unspecified atom stereocenters. The highest BCUT2D eigenvalue weighted by molar-refractivity contribution is 6.30. The van der Waals surface area contributed by atoms with E-state index in [9.17, 15) is 9.90 Å². The van der Waals surface area contributed by atoms with Crippen molar-refractivity contribution in [1.29, 1.82) is 0 Å². The van der Waals surface area contributed by atoms with Crippen LogP contribution in [0.15, 0.2) is 72.8 Å². The Kier molecular flexibility index (Phi) is 6.34. The molecule has 0 aliphatic carbocycles. The molecule has 0 bridgehead atoms. The van der Waals surface area contributed by atoms with Crippen LogP contribution in [0.4, 0.5) is 5.69 Å². The van der Waals surface area contributed by atoms with Gasteiger partial charge in [-0.25, -0.2) is 0 Å². The van der Waals surface area contributed by atoms with Crippen molar-refractivity contribution in [3.8, 4) is 5.75 Å². The molecular weight excluding hydrogens is 374 g/mol. The van der Waals surface area contributed by atoms with E-state index in [1.165, 1.54) is 0 Å². The highest BCUT2D eigenvalue weighted by Gasteiger charge is 2.17. The number of carbonyl (C=O) groups excluding carboxylic acids is 1. The first-order valence-corrected chi connectivity index (χ1v) is 9.42. The van der Waals surface area contributed by atoms with Gasteiger partial charge in [0.05, 0.1) is 6.10 Å². The van der Waals surface area contributed by atoms with Crippen LogP contribution in [0.2, 0.25) is 5.02 Å². The molecule has 3 aromatic carbocycles. The van der Waals surface area contributed by atoms with Crippen LogP contribution >= 0.6 is 11.6 Å². The minimum atomic E-state index is -0.906. The van der Waals surface area contributed by atoms with Gasteiger partial charge in [-0.1, -0.05) is 41.9 Å². The van der Waals surface area contributed by atoms with Crippen molar-refractivity contribution < 1.29 is 14.6 Å². The fraction of sp³-hybridized carbons (Fsp3) is 0.174. The average molecular weight is 396 g/mol. The zero-order chi connectivity index (χ0) is 20.1. The van der Waals surface area contributed by atoms with E-state index < -0.39 is 6.10 Å². The van der Waals surface area contributed by atoms with Gasteiger partial charge < -0.3 is 15.2 Å². The number of aliphatic hydroxyl groups is 1. The van der Waals surface area contributed by atoms with E-state index in [-0.39, 0.29) is 12.0 Å². The third kappa shape index (κ3) is 4.91. The van der Waals surface area contributed by atoms with Gasteiger partial charge in [-0.2, -0.15) is 0 Å². The lowest BCUT2D eigenvalue weighted by molar-refractivity contribution is 0.102. The van der Waals surface area contributed by atoms with E-state index in [0.717, 1.165) is 5.56 Å². The van der Waals surface area contributed by atoms with E-state index in [1.54, 1.807) is 42.5 Å². The predicted molar refractivity (Wildman–Crippen MR) is 112 cm³/mol.